The number of halogens is 1. The van der Waals surface area contributed by atoms with Crippen molar-refractivity contribution in [2.24, 2.45) is 0 Å². The Balaban J connectivity index is 0. The Morgan fingerprint density at radius 3 is 1.94 bits per heavy atom. The number of benzene rings is 1. The van der Waals surface area contributed by atoms with E-state index in [9.17, 15) is 0 Å². The van der Waals surface area contributed by atoms with Gasteiger partial charge in [-0.2, -0.15) is 0 Å². The Morgan fingerprint density at radius 2 is 1.69 bits per heavy atom. The van der Waals surface area contributed by atoms with E-state index in [-0.39, 0.29) is 0 Å². The fraction of sp³-hybridized carbons (Fsp3) is 0.154. The van der Waals surface area contributed by atoms with Crippen molar-refractivity contribution in [1.29, 1.82) is 0 Å². The molecular formula is C13H17ClOPt. The van der Waals surface area contributed by atoms with Crippen LogP contribution in [0.2, 0.25) is 0 Å². The zero-order chi connectivity index (χ0) is 13.0. The normalized spacial score (nSPS) is 7.62. The topological polar surface area (TPSA) is 9.23 Å². The van der Waals surface area contributed by atoms with Gasteiger partial charge in [0.05, 0.1) is 7.11 Å². The summed E-state index contributed by atoms with van der Waals surface area (Å²) in [6.07, 6.45) is 1.80. The van der Waals surface area contributed by atoms with Crippen LogP contribution in [0.25, 0.3) is 6.08 Å². The molecule has 1 nitrogen and oxygen atoms in total. The molecule has 16 heavy (non-hydrogen) atoms. The van der Waals surface area contributed by atoms with Gasteiger partial charge in [-0.3, -0.25) is 0 Å². The van der Waals surface area contributed by atoms with Crippen LogP contribution in [-0.2, 0) is 18.8 Å². The van der Waals surface area contributed by atoms with Crippen LogP contribution in [0.3, 0.4) is 0 Å². The number of allylic oxidation sites excluding steroid dienone is 1. The van der Waals surface area contributed by atoms with Crippen LogP contribution in [-0.4, -0.2) is 7.11 Å². The van der Waals surface area contributed by atoms with Gasteiger partial charge in [0, 0.05) is 0 Å². The molecule has 1 rings (SSSR count). The van der Waals surface area contributed by atoms with Crippen LogP contribution in [0, 0.1) is 6.92 Å². The summed E-state index contributed by atoms with van der Waals surface area (Å²) in [5, 5.41) is 0. The van der Waals surface area contributed by atoms with Crippen molar-refractivity contribution in [3.05, 3.63) is 55.5 Å². The van der Waals surface area contributed by atoms with Crippen molar-refractivity contribution < 1.29 is 23.5 Å². The first kappa shape index (κ1) is 17.9. The van der Waals surface area contributed by atoms with Crippen molar-refractivity contribution in [2.45, 2.75) is 6.92 Å². The predicted octanol–water partition coefficient (Wildman–Crippen LogP) is 4.42. The molecule has 1 aromatic rings. The van der Waals surface area contributed by atoms with E-state index in [0.29, 0.717) is 0 Å². The molecule has 0 aliphatic heterocycles. The second kappa shape index (κ2) is 12.5. The van der Waals surface area contributed by atoms with Crippen LogP contribution in [0.1, 0.15) is 12.5 Å². The summed E-state index contributed by atoms with van der Waals surface area (Å²) in [5.41, 5.74) is 2.03. The van der Waals surface area contributed by atoms with E-state index in [1.807, 2.05) is 31.2 Å². The van der Waals surface area contributed by atoms with Crippen molar-refractivity contribution >= 4 is 15.5 Å². The Bertz CT molecular complexity index is 289. The van der Waals surface area contributed by atoms with E-state index in [1.165, 1.54) is 0 Å². The minimum absolute atomic E-state index is 0.880. The minimum atomic E-state index is 0.880. The summed E-state index contributed by atoms with van der Waals surface area (Å²) in [5.74, 6) is 0.880. The molecule has 0 unspecified atom stereocenters. The van der Waals surface area contributed by atoms with Gasteiger partial charge in [-0.15, -0.1) is 6.58 Å². The van der Waals surface area contributed by atoms with Gasteiger partial charge in [0.25, 0.3) is 0 Å². The SMILES string of the molecule is C=Cc1ccc(OC)cc1.[CH2]C(=C)C.[Cl][Pt]. The van der Waals surface area contributed by atoms with Crippen LogP contribution in [0.4, 0.5) is 0 Å². The Kier molecular flexibility index (Phi) is 14.0. The van der Waals surface area contributed by atoms with E-state index in [1.54, 1.807) is 32.0 Å². The monoisotopic (exact) mass is 419 g/mol. The molecule has 0 aliphatic carbocycles. The van der Waals surface area contributed by atoms with Gasteiger partial charge in [0.15, 0.2) is 0 Å². The number of rotatable bonds is 2. The average Bonchev–Trinajstić information content (AvgIpc) is 2.31. The molecule has 0 fully saturated rings. The maximum atomic E-state index is 4.98. The molecule has 0 aliphatic rings. The summed E-state index contributed by atoms with van der Waals surface area (Å²) in [6.45, 7) is 12.4. The third-order valence-corrected chi connectivity index (χ3v) is 1.35. The quantitative estimate of drug-likeness (QED) is 0.689. The average molecular weight is 420 g/mol. The standard InChI is InChI=1S/C9H10O.C4H7.ClH.Pt/c1-3-8-4-6-9(10-2)7-5-8;1-4(2)3;;/h3-7H,1H2,2H3;1-2H2,3H3;1H;/q;;;+1/p-1. The van der Waals surface area contributed by atoms with Crippen LogP contribution in [0.5, 0.6) is 5.75 Å². The van der Waals surface area contributed by atoms with Crippen molar-refractivity contribution in [3.63, 3.8) is 0 Å². The first-order valence-corrected chi connectivity index (χ1v) is 7.27. The number of hydrogen-bond donors (Lipinski definition) is 0. The molecule has 0 saturated carbocycles. The zero-order valence-electron chi connectivity index (χ0n) is 9.61. The molecule has 3 heteroatoms. The van der Waals surface area contributed by atoms with Gasteiger partial charge in [-0.1, -0.05) is 30.4 Å². The molecule has 0 heterocycles. The van der Waals surface area contributed by atoms with E-state index < -0.39 is 0 Å². The van der Waals surface area contributed by atoms with E-state index >= 15 is 0 Å². The molecule has 1 radical (unpaired) electrons. The predicted molar refractivity (Wildman–Crippen MR) is 69.1 cm³/mol. The zero-order valence-corrected chi connectivity index (χ0v) is 12.6. The fourth-order valence-electron chi connectivity index (χ4n) is 0.740. The summed E-state index contributed by atoms with van der Waals surface area (Å²) in [4.78, 5) is 0. The van der Waals surface area contributed by atoms with Gasteiger partial charge in [0.1, 0.15) is 5.75 Å². The molecule has 0 atom stereocenters. The van der Waals surface area contributed by atoms with Gasteiger partial charge < -0.3 is 4.74 Å². The summed E-state index contributed by atoms with van der Waals surface area (Å²) < 4.78 is 4.98. The Hall–Kier alpha value is -0.522. The first-order chi connectivity index (χ1) is 7.60. The number of ether oxygens (including phenoxy) is 1. The Morgan fingerprint density at radius 1 is 1.31 bits per heavy atom. The Labute approximate surface area is 114 Å². The van der Waals surface area contributed by atoms with Gasteiger partial charge in [-0.05, 0) is 31.5 Å². The van der Waals surface area contributed by atoms with Gasteiger partial charge in [-0.25, -0.2) is 0 Å². The third kappa shape index (κ3) is 11.6. The number of methoxy groups -OCH3 is 1. The fourth-order valence-corrected chi connectivity index (χ4v) is 0.740. The van der Waals surface area contributed by atoms with Gasteiger partial charge >= 0.3 is 28.2 Å². The summed E-state index contributed by atoms with van der Waals surface area (Å²) in [6, 6.07) is 7.76. The molecule has 0 amide bonds. The summed E-state index contributed by atoms with van der Waals surface area (Å²) in [7, 11) is 6.27. The van der Waals surface area contributed by atoms with E-state index in [4.69, 9.17) is 4.74 Å². The second-order valence-corrected chi connectivity index (χ2v) is 2.93. The summed E-state index contributed by atoms with van der Waals surface area (Å²) >= 11 is 1.61. The molecule has 0 saturated heterocycles. The molecular weight excluding hydrogens is 403 g/mol. The first-order valence-electron chi connectivity index (χ1n) is 4.46. The molecule has 1 aromatic carbocycles. The molecule has 0 N–H and O–H groups in total. The second-order valence-electron chi connectivity index (χ2n) is 2.93. The molecule has 0 bridgehead atoms. The molecule has 92 valence electrons. The van der Waals surface area contributed by atoms with Crippen LogP contribution >= 0.6 is 9.42 Å². The maximum absolute atomic E-state index is 4.98. The van der Waals surface area contributed by atoms with Gasteiger partial charge in [0.2, 0.25) is 0 Å². The van der Waals surface area contributed by atoms with E-state index in [0.717, 1.165) is 16.9 Å². The van der Waals surface area contributed by atoms with Crippen molar-refractivity contribution in [1.82, 2.24) is 0 Å². The molecule has 0 aromatic heterocycles. The van der Waals surface area contributed by atoms with Crippen LogP contribution in [0.15, 0.2) is 43.0 Å². The third-order valence-electron chi connectivity index (χ3n) is 1.35. The van der Waals surface area contributed by atoms with Crippen molar-refractivity contribution in [2.75, 3.05) is 7.11 Å². The van der Waals surface area contributed by atoms with Crippen molar-refractivity contribution in [3.8, 4) is 5.75 Å². The molecule has 0 spiro atoms. The number of hydrogen-bond acceptors (Lipinski definition) is 1. The van der Waals surface area contributed by atoms with Crippen LogP contribution < -0.4 is 4.74 Å². The van der Waals surface area contributed by atoms with E-state index in [2.05, 4.69) is 29.5 Å².